The number of rotatable bonds is 5. The third kappa shape index (κ3) is 3.31. The summed E-state index contributed by atoms with van der Waals surface area (Å²) < 4.78 is 40.1. The maximum absolute atomic E-state index is 12.7. The van der Waals surface area contributed by atoms with Gasteiger partial charge < -0.3 is 8.94 Å². The molecule has 0 radical (unpaired) electrons. The van der Waals surface area contributed by atoms with E-state index in [2.05, 4.69) is 14.9 Å². The summed E-state index contributed by atoms with van der Waals surface area (Å²) >= 11 is 0. The number of nitrogens with one attached hydrogen (secondary N) is 1. The third-order valence-electron chi connectivity index (χ3n) is 3.84. The number of aromatic nitrogens is 2. The van der Waals surface area contributed by atoms with Crippen molar-refractivity contribution in [3.63, 3.8) is 0 Å². The molecular formula is C14H20N4O4S. The Hall–Kier alpha value is -1.71. The van der Waals surface area contributed by atoms with Gasteiger partial charge in [-0.05, 0) is 45.7 Å². The van der Waals surface area contributed by atoms with Crippen LogP contribution in [0.15, 0.2) is 21.1 Å². The molecule has 2 aromatic rings. The van der Waals surface area contributed by atoms with Crippen molar-refractivity contribution in [2.75, 3.05) is 6.54 Å². The molecule has 0 aromatic carbocycles. The van der Waals surface area contributed by atoms with Gasteiger partial charge in [-0.3, -0.25) is 0 Å². The molecule has 0 saturated carbocycles. The fourth-order valence-electron chi connectivity index (χ4n) is 2.78. The average Bonchev–Trinajstić information content (AvgIpc) is 3.17. The molecule has 0 amide bonds. The number of hydrogen-bond donors (Lipinski definition) is 1. The molecule has 0 unspecified atom stereocenters. The van der Waals surface area contributed by atoms with E-state index >= 15 is 0 Å². The highest BCUT2D eigenvalue weighted by atomic mass is 32.2. The van der Waals surface area contributed by atoms with Crippen LogP contribution in [-0.4, -0.2) is 29.4 Å². The van der Waals surface area contributed by atoms with E-state index in [4.69, 9.17) is 8.94 Å². The molecule has 3 rings (SSSR count). The fourth-order valence-corrected chi connectivity index (χ4v) is 4.37. The predicted octanol–water partition coefficient (Wildman–Crippen LogP) is 2.01. The quantitative estimate of drug-likeness (QED) is 0.893. The molecule has 1 saturated heterocycles. The first-order valence-corrected chi connectivity index (χ1v) is 8.96. The summed E-state index contributed by atoms with van der Waals surface area (Å²) in [5.41, 5.74) is 0. The van der Waals surface area contributed by atoms with Gasteiger partial charge in [0.25, 0.3) is 10.2 Å². The van der Waals surface area contributed by atoms with Crippen LogP contribution < -0.4 is 4.72 Å². The topological polar surface area (TPSA) is 101 Å². The predicted molar refractivity (Wildman–Crippen MR) is 81.6 cm³/mol. The first kappa shape index (κ1) is 16.2. The van der Waals surface area contributed by atoms with Crippen LogP contribution in [0.4, 0.5) is 0 Å². The second-order valence-electron chi connectivity index (χ2n) is 5.74. The lowest BCUT2D eigenvalue weighted by Crippen LogP contribution is -2.41. The number of furan rings is 1. The molecule has 1 N–H and O–H groups in total. The van der Waals surface area contributed by atoms with E-state index in [1.165, 1.54) is 4.31 Å². The molecule has 9 heteroatoms. The normalized spacial score (nSPS) is 20.9. The zero-order valence-electron chi connectivity index (χ0n) is 13.3. The van der Waals surface area contributed by atoms with Gasteiger partial charge in [0.05, 0.1) is 12.1 Å². The summed E-state index contributed by atoms with van der Waals surface area (Å²) in [7, 11) is -3.69. The summed E-state index contributed by atoms with van der Waals surface area (Å²) in [6, 6.07) is 2.80. The van der Waals surface area contributed by atoms with Crippen LogP contribution in [0.1, 0.15) is 55.1 Å². The SMILES string of the molecule is Cc1noc([C@@H](C)NS(=O)(=O)N2CCC[C@@H]2c2ccc(C)o2)n1. The molecule has 2 atom stereocenters. The van der Waals surface area contributed by atoms with Gasteiger partial charge in [-0.15, -0.1) is 0 Å². The zero-order chi connectivity index (χ0) is 16.6. The van der Waals surface area contributed by atoms with Crippen molar-refractivity contribution in [1.29, 1.82) is 0 Å². The minimum Gasteiger partial charge on any atom is -0.465 e. The van der Waals surface area contributed by atoms with Crippen LogP contribution >= 0.6 is 0 Å². The minimum absolute atomic E-state index is 0.246. The highest BCUT2D eigenvalue weighted by Gasteiger charge is 2.38. The van der Waals surface area contributed by atoms with Crippen LogP contribution in [0.5, 0.6) is 0 Å². The van der Waals surface area contributed by atoms with Crippen molar-refractivity contribution in [1.82, 2.24) is 19.2 Å². The monoisotopic (exact) mass is 340 g/mol. The van der Waals surface area contributed by atoms with Gasteiger partial charge in [-0.1, -0.05) is 5.16 Å². The molecular weight excluding hydrogens is 320 g/mol. The van der Waals surface area contributed by atoms with E-state index in [0.29, 0.717) is 18.1 Å². The lowest BCUT2D eigenvalue weighted by atomic mass is 10.2. The summed E-state index contributed by atoms with van der Waals surface area (Å²) in [5, 5.41) is 3.68. The number of hydrogen-bond acceptors (Lipinski definition) is 6. The molecule has 0 bridgehead atoms. The summed E-state index contributed by atoms with van der Waals surface area (Å²) in [6.45, 7) is 5.65. The molecule has 126 valence electrons. The Morgan fingerprint density at radius 1 is 1.39 bits per heavy atom. The third-order valence-corrected chi connectivity index (χ3v) is 5.55. The maximum Gasteiger partial charge on any atom is 0.280 e. The minimum atomic E-state index is -3.69. The fraction of sp³-hybridized carbons (Fsp3) is 0.571. The molecule has 3 heterocycles. The van der Waals surface area contributed by atoms with Gasteiger partial charge in [-0.25, -0.2) is 0 Å². The molecule has 1 aliphatic rings. The second kappa shape index (κ2) is 6.06. The van der Waals surface area contributed by atoms with Crippen molar-refractivity contribution < 1.29 is 17.4 Å². The van der Waals surface area contributed by atoms with Crippen LogP contribution in [0.2, 0.25) is 0 Å². The van der Waals surface area contributed by atoms with E-state index in [9.17, 15) is 8.42 Å². The molecule has 8 nitrogen and oxygen atoms in total. The van der Waals surface area contributed by atoms with Gasteiger partial charge in [0, 0.05) is 6.54 Å². The van der Waals surface area contributed by atoms with Crippen molar-refractivity contribution in [3.8, 4) is 0 Å². The van der Waals surface area contributed by atoms with Gasteiger partial charge in [-0.2, -0.15) is 22.4 Å². The van der Waals surface area contributed by atoms with E-state index in [1.807, 2.05) is 19.1 Å². The summed E-state index contributed by atoms with van der Waals surface area (Å²) in [4.78, 5) is 4.06. The maximum atomic E-state index is 12.7. The molecule has 0 aliphatic carbocycles. The first-order valence-electron chi connectivity index (χ1n) is 7.52. The largest absolute Gasteiger partial charge is 0.465 e. The Bertz CT molecular complexity index is 782. The van der Waals surface area contributed by atoms with E-state index in [-0.39, 0.29) is 11.9 Å². The summed E-state index contributed by atoms with van der Waals surface area (Å²) in [5.74, 6) is 2.16. The zero-order valence-corrected chi connectivity index (χ0v) is 14.1. The number of nitrogens with zero attached hydrogens (tertiary/aromatic N) is 3. The Labute approximate surface area is 135 Å². The summed E-state index contributed by atoms with van der Waals surface area (Å²) in [6.07, 6.45) is 1.53. The van der Waals surface area contributed by atoms with E-state index < -0.39 is 16.3 Å². The van der Waals surface area contributed by atoms with Crippen molar-refractivity contribution in [2.24, 2.45) is 0 Å². The van der Waals surface area contributed by atoms with Gasteiger partial charge in [0.15, 0.2) is 5.82 Å². The average molecular weight is 340 g/mol. The molecule has 2 aromatic heterocycles. The molecule has 1 fully saturated rings. The Morgan fingerprint density at radius 3 is 2.78 bits per heavy atom. The first-order chi connectivity index (χ1) is 10.9. The van der Waals surface area contributed by atoms with Gasteiger partial charge in [0.1, 0.15) is 11.5 Å². The number of aryl methyl sites for hydroxylation is 2. The molecule has 23 heavy (non-hydrogen) atoms. The standard InChI is InChI=1S/C14H20N4O4S/c1-9-6-7-13(21-9)12-5-4-8-18(12)23(19,20)17-10(2)14-15-11(3)16-22-14/h6-7,10,12,17H,4-5,8H2,1-3H3/t10-,12-/m1/s1. The van der Waals surface area contributed by atoms with E-state index in [1.54, 1.807) is 13.8 Å². The van der Waals surface area contributed by atoms with Crippen molar-refractivity contribution >= 4 is 10.2 Å². The smallest absolute Gasteiger partial charge is 0.280 e. The Balaban J connectivity index is 1.78. The lowest BCUT2D eigenvalue weighted by Gasteiger charge is -2.24. The second-order valence-corrected chi connectivity index (χ2v) is 7.40. The van der Waals surface area contributed by atoms with Crippen LogP contribution in [0.3, 0.4) is 0 Å². The van der Waals surface area contributed by atoms with Crippen LogP contribution in [0, 0.1) is 13.8 Å². The Kier molecular flexibility index (Phi) is 4.26. The Morgan fingerprint density at radius 2 is 2.17 bits per heavy atom. The molecule has 0 spiro atoms. The van der Waals surface area contributed by atoms with Crippen LogP contribution in [0.25, 0.3) is 0 Å². The lowest BCUT2D eigenvalue weighted by molar-refractivity contribution is 0.319. The molecule has 1 aliphatic heterocycles. The van der Waals surface area contributed by atoms with E-state index in [0.717, 1.165) is 18.6 Å². The van der Waals surface area contributed by atoms with Crippen LogP contribution in [-0.2, 0) is 10.2 Å². The van der Waals surface area contributed by atoms with Gasteiger partial charge in [0.2, 0.25) is 5.89 Å². The highest BCUT2D eigenvalue weighted by molar-refractivity contribution is 7.87. The van der Waals surface area contributed by atoms with Crippen molar-refractivity contribution in [3.05, 3.63) is 35.4 Å². The van der Waals surface area contributed by atoms with Gasteiger partial charge >= 0.3 is 0 Å². The highest BCUT2D eigenvalue weighted by Crippen LogP contribution is 2.35. The van der Waals surface area contributed by atoms with Crippen molar-refractivity contribution in [2.45, 2.75) is 45.7 Å².